The van der Waals surface area contributed by atoms with Gasteiger partial charge in [0.25, 0.3) is 0 Å². The summed E-state index contributed by atoms with van der Waals surface area (Å²) in [6.45, 7) is 4.19. The number of nitrogens with zero attached hydrogens (tertiary/aromatic N) is 1. The average Bonchev–Trinajstić information content (AvgIpc) is 2.26. The minimum absolute atomic E-state index is 0.140. The molecule has 1 atom stereocenters. The van der Waals surface area contributed by atoms with Gasteiger partial charge in [-0.25, -0.2) is 0 Å². The van der Waals surface area contributed by atoms with Crippen molar-refractivity contribution in [3.05, 3.63) is 29.8 Å². The largest absolute Gasteiger partial charge is 0.497 e. The monoisotopic (exact) mass is 207 g/mol. The van der Waals surface area contributed by atoms with Crippen LogP contribution in [-0.2, 0) is 0 Å². The van der Waals surface area contributed by atoms with Gasteiger partial charge < -0.3 is 9.94 Å². The van der Waals surface area contributed by atoms with Gasteiger partial charge in [0, 0.05) is 5.92 Å². The van der Waals surface area contributed by atoms with Gasteiger partial charge in [-0.05, 0) is 23.6 Å². The molecule has 0 radical (unpaired) electrons. The minimum Gasteiger partial charge on any atom is -0.497 e. The SMILES string of the molecule is COc1ccc([C@H](/C=N\O)C(C)C)cc1. The maximum absolute atomic E-state index is 8.59. The van der Waals surface area contributed by atoms with Gasteiger partial charge in [-0.3, -0.25) is 0 Å². The Kier molecular flexibility index (Phi) is 4.16. The molecule has 3 nitrogen and oxygen atoms in total. The smallest absolute Gasteiger partial charge is 0.118 e. The number of methoxy groups -OCH3 is 1. The molecule has 82 valence electrons. The highest BCUT2D eigenvalue weighted by Gasteiger charge is 2.13. The summed E-state index contributed by atoms with van der Waals surface area (Å²) in [4.78, 5) is 0. The topological polar surface area (TPSA) is 41.8 Å². The summed E-state index contributed by atoms with van der Waals surface area (Å²) in [7, 11) is 1.64. The summed E-state index contributed by atoms with van der Waals surface area (Å²) in [6.07, 6.45) is 1.56. The standard InChI is InChI=1S/C12H17NO2/c1-9(2)12(8-13-14)10-4-6-11(15-3)7-5-10/h4-9,12,14H,1-3H3/b13-8-/t12-/m1/s1. The van der Waals surface area contributed by atoms with E-state index in [1.807, 2.05) is 24.3 Å². The maximum Gasteiger partial charge on any atom is 0.118 e. The zero-order valence-corrected chi connectivity index (χ0v) is 9.34. The molecule has 0 aliphatic carbocycles. The number of hydrogen-bond acceptors (Lipinski definition) is 3. The predicted octanol–water partition coefficient (Wildman–Crippen LogP) is 2.89. The first-order valence-electron chi connectivity index (χ1n) is 5.00. The molecule has 0 aliphatic heterocycles. The van der Waals surface area contributed by atoms with Crippen molar-refractivity contribution in [1.82, 2.24) is 0 Å². The molecule has 0 heterocycles. The van der Waals surface area contributed by atoms with Gasteiger partial charge in [-0.1, -0.05) is 26.0 Å². The van der Waals surface area contributed by atoms with Crippen LogP contribution >= 0.6 is 0 Å². The zero-order valence-electron chi connectivity index (χ0n) is 9.34. The van der Waals surface area contributed by atoms with Crippen molar-refractivity contribution in [1.29, 1.82) is 0 Å². The molecule has 1 aromatic carbocycles. The van der Waals surface area contributed by atoms with Crippen LogP contribution in [0, 0.1) is 5.92 Å². The molecule has 1 aromatic rings. The first-order valence-corrected chi connectivity index (χ1v) is 5.00. The quantitative estimate of drug-likeness (QED) is 0.468. The summed E-state index contributed by atoms with van der Waals surface area (Å²) in [5.74, 6) is 1.37. The van der Waals surface area contributed by atoms with Crippen LogP contribution in [0.2, 0.25) is 0 Å². The minimum atomic E-state index is 0.140. The number of hydrogen-bond donors (Lipinski definition) is 1. The van der Waals surface area contributed by atoms with Gasteiger partial charge in [0.15, 0.2) is 0 Å². The van der Waals surface area contributed by atoms with E-state index in [1.165, 1.54) is 0 Å². The molecule has 0 bridgehead atoms. The lowest BCUT2D eigenvalue weighted by molar-refractivity contribution is 0.318. The van der Waals surface area contributed by atoms with Crippen LogP contribution in [-0.4, -0.2) is 18.5 Å². The third-order valence-corrected chi connectivity index (χ3v) is 2.45. The van der Waals surface area contributed by atoms with Crippen LogP contribution < -0.4 is 4.74 Å². The highest BCUT2D eigenvalue weighted by atomic mass is 16.5. The zero-order chi connectivity index (χ0) is 11.3. The Hall–Kier alpha value is -1.51. The summed E-state index contributed by atoms with van der Waals surface area (Å²) >= 11 is 0. The van der Waals surface area contributed by atoms with E-state index >= 15 is 0 Å². The molecule has 0 unspecified atom stereocenters. The van der Waals surface area contributed by atoms with E-state index in [0.717, 1.165) is 11.3 Å². The van der Waals surface area contributed by atoms with Gasteiger partial charge >= 0.3 is 0 Å². The fourth-order valence-electron chi connectivity index (χ4n) is 1.54. The molecule has 0 spiro atoms. The summed E-state index contributed by atoms with van der Waals surface area (Å²) in [5.41, 5.74) is 1.13. The molecule has 1 N–H and O–H groups in total. The Morgan fingerprint density at radius 1 is 1.27 bits per heavy atom. The van der Waals surface area contributed by atoms with Crippen molar-refractivity contribution in [2.45, 2.75) is 19.8 Å². The fraction of sp³-hybridized carbons (Fsp3) is 0.417. The normalized spacial score (nSPS) is 13.3. The number of rotatable bonds is 4. The second kappa shape index (κ2) is 5.39. The maximum atomic E-state index is 8.59. The molecule has 0 saturated carbocycles. The summed E-state index contributed by atoms with van der Waals surface area (Å²) < 4.78 is 5.09. The van der Waals surface area contributed by atoms with Crippen LogP contribution in [0.5, 0.6) is 5.75 Å². The molecular formula is C12H17NO2. The van der Waals surface area contributed by atoms with Crippen LogP contribution in [0.3, 0.4) is 0 Å². The second-order valence-corrected chi connectivity index (χ2v) is 3.81. The molecule has 15 heavy (non-hydrogen) atoms. The van der Waals surface area contributed by atoms with Crippen LogP contribution in [0.15, 0.2) is 29.4 Å². The Balaban J connectivity index is 2.91. The van der Waals surface area contributed by atoms with Gasteiger partial charge in [0.1, 0.15) is 5.75 Å². The Labute approximate surface area is 90.4 Å². The van der Waals surface area contributed by atoms with Crippen molar-refractivity contribution in [2.24, 2.45) is 11.1 Å². The highest BCUT2D eigenvalue weighted by molar-refractivity contribution is 5.67. The molecule has 0 saturated heterocycles. The molecule has 3 heteroatoms. The van der Waals surface area contributed by atoms with Crippen molar-refractivity contribution >= 4 is 6.21 Å². The number of oxime groups is 1. The van der Waals surface area contributed by atoms with Crippen molar-refractivity contribution in [3.63, 3.8) is 0 Å². The van der Waals surface area contributed by atoms with Crippen molar-refractivity contribution in [3.8, 4) is 5.75 Å². The van der Waals surface area contributed by atoms with E-state index in [2.05, 4.69) is 19.0 Å². The van der Waals surface area contributed by atoms with E-state index < -0.39 is 0 Å². The lowest BCUT2D eigenvalue weighted by Gasteiger charge is -2.16. The number of benzene rings is 1. The Morgan fingerprint density at radius 3 is 2.27 bits per heavy atom. The van der Waals surface area contributed by atoms with E-state index in [1.54, 1.807) is 13.3 Å². The molecular weight excluding hydrogens is 190 g/mol. The van der Waals surface area contributed by atoms with E-state index in [0.29, 0.717) is 5.92 Å². The predicted molar refractivity (Wildman–Crippen MR) is 60.9 cm³/mol. The molecule has 0 aliphatic rings. The summed E-state index contributed by atoms with van der Waals surface area (Å²) in [5, 5.41) is 11.7. The Bertz CT molecular complexity index is 317. The fourth-order valence-corrected chi connectivity index (χ4v) is 1.54. The molecule has 0 aromatic heterocycles. The van der Waals surface area contributed by atoms with Crippen LogP contribution in [0.25, 0.3) is 0 Å². The van der Waals surface area contributed by atoms with E-state index in [4.69, 9.17) is 9.94 Å². The van der Waals surface area contributed by atoms with Crippen LogP contribution in [0.1, 0.15) is 25.3 Å². The lowest BCUT2D eigenvalue weighted by atomic mass is 9.89. The molecule has 1 rings (SSSR count). The van der Waals surface area contributed by atoms with Crippen molar-refractivity contribution < 1.29 is 9.94 Å². The average molecular weight is 207 g/mol. The Morgan fingerprint density at radius 2 is 1.87 bits per heavy atom. The van der Waals surface area contributed by atoms with E-state index in [9.17, 15) is 0 Å². The third-order valence-electron chi connectivity index (χ3n) is 2.45. The second-order valence-electron chi connectivity index (χ2n) is 3.81. The lowest BCUT2D eigenvalue weighted by Crippen LogP contribution is -2.08. The molecule has 0 amide bonds. The van der Waals surface area contributed by atoms with Gasteiger partial charge in [-0.2, -0.15) is 0 Å². The van der Waals surface area contributed by atoms with Crippen molar-refractivity contribution in [2.75, 3.05) is 7.11 Å². The first kappa shape index (κ1) is 11.6. The van der Waals surface area contributed by atoms with Gasteiger partial charge in [0.05, 0.1) is 13.3 Å². The first-order chi connectivity index (χ1) is 7.19. The molecule has 0 fully saturated rings. The summed E-state index contributed by atoms with van der Waals surface area (Å²) in [6, 6.07) is 7.81. The van der Waals surface area contributed by atoms with E-state index in [-0.39, 0.29) is 5.92 Å². The highest BCUT2D eigenvalue weighted by Crippen LogP contribution is 2.24. The van der Waals surface area contributed by atoms with Gasteiger partial charge in [-0.15, -0.1) is 5.16 Å². The third kappa shape index (κ3) is 2.98. The van der Waals surface area contributed by atoms with Gasteiger partial charge in [0.2, 0.25) is 0 Å². The number of ether oxygens (including phenoxy) is 1. The van der Waals surface area contributed by atoms with Crippen LogP contribution in [0.4, 0.5) is 0 Å².